The van der Waals surface area contributed by atoms with Crippen molar-refractivity contribution in [3.05, 3.63) is 65.7 Å². The first-order valence-electron chi connectivity index (χ1n) is 9.97. The lowest BCUT2D eigenvalue weighted by Crippen LogP contribution is -2.24. The number of nitrogens with zero attached hydrogens (tertiary/aromatic N) is 4. The van der Waals surface area contributed by atoms with Crippen LogP contribution in [-0.4, -0.2) is 45.7 Å². The smallest absolute Gasteiger partial charge is 0.230 e. The molecule has 0 atom stereocenters. The quantitative estimate of drug-likeness (QED) is 0.412. The van der Waals surface area contributed by atoms with E-state index in [-0.39, 0.29) is 11.7 Å². The maximum atomic E-state index is 12.3. The summed E-state index contributed by atoms with van der Waals surface area (Å²) in [5, 5.41) is 16.5. The molecule has 0 radical (unpaired) electrons. The number of carbonyl (C=O) groups is 1. The Morgan fingerprint density at radius 3 is 2.53 bits per heavy atom. The fourth-order valence-electron chi connectivity index (χ4n) is 3.10. The predicted octanol–water partition coefficient (Wildman–Crippen LogP) is 3.53. The zero-order valence-corrected chi connectivity index (χ0v) is 18.8. The summed E-state index contributed by atoms with van der Waals surface area (Å²) in [5.41, 5.74) is 4.45. The topological polar surface area (TPSA) is 90.6 Å². The number of thioether (sulfide) groups is 1. The number of rotatable bonds is 8. The average molecular weight is 450 g/mol. The van der Waals surface area contributed by atoms with Crippen LogP contribution in [0, 0.1) is 6.92 Å². The number of methoxy groups -OCH3 is 2. The third-order valence-electron chi connectivity index (χ3n) is 4.86. The first-order chi connectivity index (χ1) is 15.6. The first-order valence-corrected chi connectivity index (χ1v) is 11.0. The van der Waals surface area contributed by atoms with Crippen molar-refractivity contribution in [3.8, 4) is 22.8 Å². The number of nitrogens with one attached hydrogen (secondary N) is 1. The van der Waals surface area contributed by atoms with E-state index >= 15 is 0 Å². The lowest BCUT2D eigenvalue weighted by molar-refractivity contribution is -0.118. The van der Waals surface area contributed by atoms with Crippen molar-refractivity contribution in [1.82, 2.24) is 25.1 Å². The fourth-order valence-corrected chi connectivity index (χ4v) is 3.81. The SMILES string of the molecule is COc1ccc(-c2ccc3nnc(SCC(=O)NCc4ccc(C)cc4)n3n2)cc1OC. The molecule has 0 bridgehead atoms. The van der Waals surface area contributed by atoms with Crippen LogP contribution in [0.25, 0.3) is 16.9 Å². The van der Waals surface area contributed by atoms with Crippen molar-refractivity contribution in [2.75, 3.05) is 20.0 Å². The molecular formula is C23H23N5O3S. The van der Waals surface area contributed by atoms with Crippen molar-refractivity contribution in [2.45, 2.75) is 18.6 Å². The van der Waals surface area contributed by atoms with Crippen LogP contribution >= 0.6 is 11.8 Å². The van der Waals surface area contributed by atoms with Gasteiger partial charge in [0, 0.05) is 12.1 Å². The molecule has 0 fully saturated rings. The second-order valence-corrected chi connectivity index (χ2v) is 8.03. The Hall–Kier alpha value is -3.59. The minimum Gasteiger partial charge on any atom is -0.493 e. The molecule has 0 saturated carbocycles. The number of benzene rings is 2. The van der Waals surface area contributed by atoms with Crippen molar-refractivity contribution in [2.24, 2.45) is 0 Å². The summed E-state index contributed by atoms with van der Waals surface area (Å²) >= 11 is 1.29. The van der Waals surface area contributed by atoms with Gasteiger partial charge in [0.05, 0.1) is 25.7 Å². The summed E-state index contributed by atoms with van der Waals surface area (Å²) in [4.78, 5) is 12.3. The average Bonchev–Trinajstić information content (AvgIpc) is 3.24. The molecule has 2 aromatic heterocycles. The fraction of sp³-hybridized carbons (Fsp3) is 0.217. The molecule has 8 nitrogen and oxygen atoms in total. The standard InChI is InChI=1S/C23H23N5O3S/c1-15-4-6-16(7-5-15)13-24-22(29)14-32-23-26-25-21-11-9-18(27-28(21)23)17-8-10-19(30-2)20(12-17)31-3/h4-12H,13-14H2,1-3H3,(H,24,29). The Kier molecular flexibility index (Phi) is 6.55. The van der Waals surface area contributed by atoms with Gasteiger partial charge in [0.25, 0.3) is 0 Å². The highest BCUT2D eigenvalue weighted by molar-refractivity contribution is 7.99. The van der Waals surface area contributed by atoms with Gasteiger partial charge in [-0.05, 0) is 42.8 Å². The lowest BCUT2D eigenvalue weighted by atomic mass is 10.1. The van der Waals surface area contributed by atoms with Crippen molar-refractivity contribution in [3.63, 3.8) is 0 Å². The number of aryl methyl sites for hydroxylation is 1. The Bertz CT molecular complexity index is 1240. The second-order valence-electron chi connectivity index (χ2n) is 7.09. The number of aromatic nitrogens is 4. The van der Waals surface area contributed by atoms with Gasteiger partial charge in [0.15, 0.2) is 17.1 Å². The zero-order chi connectivity index (χ0) is 22.5. The third-order valence-corrected chi connectivity index (χ3v) is 5.78. The van der Waals surface area contributed by atoms with Gasteiger partial charge in [-0.2, -0.15) is 9.61 Å². The summed E-state index contributed by atoms with van der Waals surface area (Å²) in [7, 11) is 3.19. The van der Waals surface area contributed by atoms with Crippen LogP contribution in [0.15, 0.2) is 59.8 Å². The van der Waals surface area contributed by atoms with Gasteiger partial charge in [0.1, 0.15) is 0 Å². The van der Waals surface area contributed by atoms with Crippen LogP contribution in [0.1, 0.15) is 11.1 Å². The van der Waals surface area contributed by atoms with Crippen molar-refractivity contribution >= 4 is 23.3 Å². The molecule has 4 aromatic rings. The van der Waals surface area contributed by atoms with Crippen molar-refractivity contribution < 1.29 is 14.3 Å². The molecule has 0 aliphatic carbocycles. The van der Waals surface area contributed by atoms with Crippen molar-refractivity contribution in [1.29, 1.82) is 0 Å². The first kappa shape index (κ1) is 21.6. The highest BCUT2D eigenvalue weighted by Crippen LogP contribution is 2.31. The van der Waals surface area contributed by atoms with E-state index in [1.165, 1.54) is 17.3 Å². The predicted molar refractivity (Wildman–Crippen MR) is 123 cm³/mol. The molecule has 2 heterocycles. The molecule has 164 valence electrons. The minimum atomic E-state index is -0.0802. The monoisotopic (exact) mass is 449 g/mol. The van der Waals surface area contributed by atoms with E-state index in [9.17, 15) is 4.79 Å². The summed E-state index contributed by atoms with van der Waals surface area (Å²) in [6, 6.07) is 17.4. The Morgan fingerprint density at radius 1 is 1.00 bits per heavy atom. The minimum absolute atomic E-state index is 0.0802. The maximum absolute atomic E-state index is 12.3. The number of carbonyl (C=O) groups excluding carboxylic acids is 1. The molecule has 0 aliphatic rings. The number of hydrogen-bond donors (Lipinski definition) is 1. The van der Waals surface area contributed by atoms with Gasteiger partial charge in [-0.3, -0.25) is 4.79 Å². The molecule has 0 aliphatic heterocycles. The maximum Gasteiger partial charge on any atom is 0.230 e. The molecule has 4 rings (SSSR count). The summed E-state index contributed by atoms with van der Waals surface area (Å²) in [5.74, 6) is 1.41. The largest absolute Gasteiger partial charge is 0.493 e. The van der Waals surface area contributed by atoms with E-state index in [0.717, 1.165) is 16.8 Å². The molecule has 1 N–H and O–H groups in total. The molecule has 1 amide bonds. The highest BCUT2D eigenvalue weighted by Gasteiger charge is 2.13. The highest BCUT2D eigenvalue weighted by atomic mass is 32.2. The van der Waals surface area contributed by atoms with E-state index in [4.69, 9.17) is 9.47 Å². The Morgan fingerprint density at radius 2 is 1.78 bits per heavy atom. The van der Waals surface area contributed by atoms with Crippen LogP contribution in [0.4, 0.5) is 0 Å². The van der Waals surface area contributed by atoms with E-state index in [0.29, 0.717) is 28.8 Å². The Labute approximate surface area is 190 Å². The van der Waals surface area contributed by atoms with E-state index < -0.39 is 0 Å². The molecule has 0 spiro atoms. The van der Waals surface area contributed by atoms with E-state index in [1.54, 1.807) is 18.7 Å². The summed E-state index contributed by atoms with van der Waals surface area (Å²) in [6.07, 6.45) is 0. The zero-order valence-electron chi connectivity index (χ0n) is 18.0. The molecule has 0 unspecified atom stereocenters. The molecule has 2 aromatic carbocycles. The summed E-state index contributed by atoms with van der Waals surface area (Å²) < 4.78 is 12.3. The van der Waals surface area contributed by atoms with Gasteiger partial charge in [-0.1, -0.05) is 41.6 Å². The van der Waals surface area contributed by atoms with Gasteiger partial charge >= 0.3 is 0 Å². The summed E-state index contributed by atoms with van der Waals surface area (Å²) in [6.45, 7) is 2.52. The van der Waals surface area contributed by atoms with Gasteiger partial charge in [-0.15, -0.1) is 10.2 Å². The van der Waals surface area contributed by atoms with Gasteiger partial charge < -0.3 is 14.8 Å². The number of ether oxygens (including phenoxy) is 2. The molecular weight excluding hydrogens is 426 g/mol. The van der Waals surface area contributed by atoms with E-state index in [1.807, 2.05) is 61.5 Å². The van der Waals surface area contributed by atoms with Crippen LogP contribution in [0.5, 0.6) is 11.5 Å². The van der Waals surface area contributed by atoms with Gasteiger partial charge in [-0.25, -0.2) is 0 Å². The molecule has 9 heteroatoms. The van der Waals surface area contributed by atoms with Crippen LogP contribution < -0.4 is 14.8 Å². The van der Waals surface area contributed by atoms with Crippen LogP contribution in [0.3, 0.4) is 0 Å². The third kappa shape index (κ3) is 4.83. The lowest BCUT2D eigenvalue weighted by Gasteiger charge is -2.09. The molecule has 32 heavy (non-hydrogen) atoms. The van der Waals surface area contributed by atoms with Crippen LogP contribution in [0.2, 0.25) is 0 Å². The number of hydrogen-bond acceptors (Lipinski definition) is 7. The van der Waals surface area contributed by atoms with Gasteiger partial charge in [0.2, 0.25) is 11.1 Å². The molecule has 0 saturated heterocycles. The van der Waals surface area contributed by atoms with E-state index in [2.05, 4.69) is 20.6 Å². The Balaban J connectivity index is 1.46. The second kappa shape index (κ2) is 9.69. The van der Waals surface area contributed by atoms with Crippen LogP contribution in [-0.2, 0) is 11.3 Å². The number of fused-ring (bicyclic) bond motifs is 1. The number of amides is 1. The normalized spacial score (nSPS) is 10.8.